The van der Waals surface area contributed by atoms with Gasteiger partial charge in [0.1, 0.15) is 11.0 Å². The van der Waals surface area contributed by atoms with Crippen molar-refractivity contribution in [1.82, 2.24) is 14.9 Å². The number of anilines is 1. The molecule has 5 nitrogen and oxygen atoms in total. The van der Waals surface area contributed by atoms with E-state index in [0.717, 1.165) is 25.9 Å². The second-order valence-electron chi connectivity index (χ2n) is 5.72. The molecule has 0 spiro atoms. The van der Waals surface area contributed by atoms with Crippen LogP contribution in [0.25, 0.3) is 0 Å². The van der Waals surface area contributed by atoms with Gasteiger partial charge >= 0.3 is 0 Å². The van der Waals surface area contributed by atoms with E-state index in [0.29, 0.717) is 17.3 Å². The van der Waals surface area contributed by atoms with Crippen molar-refractivity contribution >= 4 is 23.3 Å². The molecular formula is C16H19ClN4O. The van der Waals surface area contributed by atoms with Crippen molar-refractivity contribution in [1.29, 1.82) is 0 Å². The van der Waals surface area contributed by atoms with E-state index in [1.807, 2.05) is 12.3 Å². The molecule has 1 aliphatic heterocycles. The smallest absolute Gasteiger partial charge is 0.259 e. The van der Waals surface area contributed by atoms with Gasteiger partial charge in [-0.15, -0.1) is 0 Å². The molecule has 0 atom stereocenters. The first-order valence-corrected chi connectivity index (χ1v) is 7.80. The molecule has 0 unspecified atom stereocenters. The number of nitrogens with zero attached hydrogens (tertiary/aromatic N) is 2. The average Bonchev–Trinajstić information content (AvgIpc) is 2.97. The van der Waals surface area contributed by atoms with Crippen molar-refractivity contribution in [2.45, 2.75) is 18.8 Å². The Labute approximate surface area is 134 Å². The third-order valence-electron chi connectivity index (χ3n) is 4.15. The van der Waals surface area contributed by atoms with Gasteiger partial charge in [-0.05, 0) is 62.7 Å². The predicted octanol–water partition coefficient (Wildman–Crippen LogP) is 3.12. The average molecular weight is 319 g/mol. The lowest BCUT2D eigenvalue weighted by Gasteiger charge is -2.28. The molecule has 3 heterocycles. The van der Waals surface area contributed by atoms with Crippen molar-refractivity contribution in [3.05, 3.63) is 46.9 Å². The van der Waals surface area contributed by atoms with E-state index in [1.54, 1.807) is 18.3 Å². The first-order valence-electron chi connectivity index (χ1n) is 7.42. The lowest BCUT2D eigenvalue weighted by molar-refractivity contribution is 0.102. The van der Waals surface area contributed by atoms with Gasteiger partial charge in [0.2, 0.25) is 0 Å². The highest BCUT2D eigenvalue weighted by Crippen LogP contribution is 2.29. The van der Waals surface area contributed by atoms with E-state index in [1.165, 1.54) is 5.56 Å². The van der Waals surface area contributed by atoms with Gasteiger partial charge in [-0.2, -0.15) is 0 Å². The van der Waals surface area contributed by atoms with Crippen LogP contribution in [0, 0.1) is 0 Å². The van der Waals surface area contributed by atoms with Crippen LogP contribution in [0.1, 0.15) is 34.7 Å². The summed E-state index contributed by atoms with van der Waals surface area (Å²) in [4.78, 5) is 21.6. The zero-order valence-corrected chi connectivity index (χ0v) is 13.2. The molecule has 1 amide bonds. The number of hydrogen-bond donors (Lipinski definition) is 2. The van der Waals surface area contributed by atoms with Crippen molar-refractivity contribution in [2.24, 2.45) is 0 Å². The van der Waals surface area contributed by atoms with Crippen LogP contribution >= 0.6 is 11.6 Å². The van der Waals surface area contributed by atoms with Gasteiger partial charge in [0.05, 0.1) is 5.56 Å². The molecule has 0 saturated carbocycles. The molecule has 0 bridgehead atoms. The summed E-state index contributed by atoms with van der Waals surface area (Å²) in [6.07, 6.45) is 5.84. The van der Waals surface area contributed by atoms with Crippen LogP contribution in [0.5, 0.6) is 0 Å². The van der Waals surface area contributed by atoms with E-state index < -0.39 is 0 Å². The van der Waals surface area contributed by atoms with Crippen LogP contribution in [0.3, 0.4) is 0 Å². The first-order chi connectivity index (χ1) is 10.6. The molecule has 116 valence electrons. The maximum Gasteiger partial charge on any atom is 0.259 e. The Morgan fingerprint density at radius 1 is 1.45 bits per heavy atom. The zero-order chi connectivity index (χ0) is 15.5. The molecule has 2 aromatic heterocycles. The van der Waals surface area contributed by atoms with Gasteiger partial charge < -0.3 is 15.2 Å². The lowest BCUT2D eigenvalue weighted by Crippen LogP contribution is -2.29. The monoisotopic (exact) mass is 318 g/mol. The molecule has 2 N–H and O–H groups in total. The number of aromatic nitrogens is 2. The largest absolute Gasteiger partial charge is 0.348 e. The highest BCUT2D eigenvalue weighted by Gasteiger charge is 2.20. The number of carbonyl (C=O) groups is 1. The number of pyridine rings is 1. The molecule has 2 aromatic rings. The fourth-order valence-electron chi connectivity index (χ4n) is 2.81. The summed E-state index contributed by atoms with van der Waals surface area (Å²) in [5.74, 6) is 0.994. The minimum Gasteiger partial charge on any atom is -0.348 e. The molecule has 6 heteroatoms. The van der Waals surface area contributed by atoms with Gasteiger partial charge in [0.25, 0.3) is 5.91 Å². The van der Waals surface area contributed by atoms with Crippen molar-refractivity contribution in [3.63, 3.8) is 0 Å². The molecule has 0 aliphatic carbocycles. The Kier molecular flexibility index (Phi) is 4.45. The number of likely N-dealkylation sites (tertiary alicyclic amines) is 1. The van der Waals surface area contributed by atoms with E-state index in [2.05, 4.69) is 27.2 Å². The van der Waals surface area contributed by atoms with Crippen LogP contribution in [-0.4, -0.2) is 40.9 Å². The number of aromatic amines is 1. The Morgan fingerprint density at radius 3 is 2.95 bits per heavy atom. The van der Waals surface area contributed by atoms with Gasteiger partial charge in [-0.1, -0.05) is 11.6 Å². The first kappa shape index (κ1) is 15.1. The number of rotatable bonds is 3. The third kappa shape index (κ3) is 3.31. The van der Waals surface area contributed by atoms with Crippen molar-refractivity contribution in [3.8, 4) is 0 Å². The molecule has 1 saturated heterocycles. The maximum atomic E-state index is 12.2. The summed E-state index contributed by atoms with van der Waals surface area (Å²) in [5, 5.41) is 3.05. The summed E-state index contributed by atoms with van der Waals surface area (Å²) in [6, 6.07) is 5.36. The molecule has 3 rings (SSSR count). The molecule has 0 radical (unpaired) electrons. The highest BCUT2D eigenvalue weighted by molar-refractivity contribution is 6.33. The fraction of sp³-hybridized carbons (Fsp3) is 0.375. The Balaban J connectivity index is 1.67. The molecule has 22 heavy (non-hydrogen) atoms. The second kappa shape index (κ2) is 6.50. The summed E-state index contributed by atoms with van der Waals surface area (Å²) >= 11 is 5.94. The van der Waals surface area contributed by atoms with E-state index >= 15 is 0 Å². The number of piperidine rings is 1. The minimum atomic E-state index is -0.255. The third-order valence-corrected chi connectivity index (χ3v) is 4.45. The Bertz CT molecular complexity index is 662. The topological polar surface area (TPSA) is 61.0 Å². The quantitative estimate of drug-likeness (QED) is 0.855. The molecule has 0 aromatic carbocycles. The van der Waals surface area contributed by atoms with Crippen LogP contribution in [-0.2, 0) is 0 Å². The minimum absolute atomic E-state index is 0.210. The van der Waals surface area contributed by atoms with E-state index in [9.17, 15) is 4.79 Å². The van der Waals surface area contributed by atoms with Crippen LogP contribution < -0.4 is 5.32 Å². The number of halogens is 1. The molecular weight excluding hydrogens is 300 g/mol. The number of nitrogens with one attached hydrogen (secondary N) is 2. The standard InChI is InChI=1S/C16H19ClN4O/c1-21-7-4-11(5-8-21)12-9-14(19-10-12)20-16(22)13-3-2-6-18-15(13)17/h2-3,6,9-11,19H,4-5,7-8H2,1H3,(H,20,22). The number of hydrogen-bond acceptors (Lipinski definition) is 3. The molecule has 1 aliphatic rings. The Morgan fingerprint density at radius 2 is 2.23 bits per heavy atom. The van der Waals surface area contributed by atoms with Gasteiger partial charge in [-0.3, -0.25) is 4.79 Å². The van der Waals surface area contributed by atoms with Crippen molar-refractivity contribution < 1.29 is 4.79 Å². The summed E-state index contributed by atoms with van der Waals surface area (Å²) in [5.41, 5.74) is 1.63. The number of amides is 1. The maximum absolute atomic E-state index is 12.2. The van der Waals surface area contributed by atoms with Gasteiger partial charge in [0, 0.05) is 12.4 Å². The lowest BCUT2D eigenvalue weighted by atomic mass is 9.91. The fourth-order valence-corrected chi connectivity index (χ4v) is 3.01. The van der Waals surface area contributed by atoms with E-state index in [4.69, 9.17) is 11.6 Å². The van der Waals surface area contributed by atoms with Gasteiger partial charge in [0.15, 0.2) is 0 Å². The predicted molar refractivity (Wildman–Crippen MR) is 87.5 cm³/mol. The summed E-state index contributed by atoms with van der Waals surface area (Å²) in [6.45, 7) is 2.23. The Hall–Kier alpha value is -1.85. The summed E-state index contributed by atoms with van der Waals surface area (Å²) in [7, 11) is 2.15. The van der Waals surface area contributed by atoms with E-state index in [-0.39, 0.29) is 11.1 Å². The molecule has 1 fully saturated rings. The highest BCUT2D eigenvalue weighted by atomic mass is 35.5. The normalized spacial score (nSPS) is 16.6. The zero-order valence-electron chi connectivity index (χ0n) is 12.5. The number of carbonyl (C=O) groups excluding carboxylic acids is 1. The number of H-pyrrole nitrogens is 1. The van der Waals surface area contributed by atoms with Crippen molar-refractivity contribution in [2.75, 3.05) is 25.5 Å². The summed E-state index contributed by atoms with van der Waals surface area (Å²) < 4.78 is 0. The second-order valence-corrected chi connectivity index (χ2v) is 6.08. The van der Waals surface area contributed by atoms with Gasteiger partial charge in [-0.25, -0.2) is 4.98 Å². The van der Waals surface area contributed by atoms with Crippen LogP contribution in [0.4, 0.5) is 5.82 Å². The van der Waals surface area contributed by atoms with Crippen LogP contribution in [0.2, 0.25) is 5.15 Å². The van der Waals surface area contributed by atoms with Crippen LogP contribution in [0.15, 0.2) is 30.6 Å². The SMILES string of the molecule is CN1CCC(c2c[nH]c(NC(=O)c3cccnc3Cl)c2)CC1.